The minimum absolute atomic E-state index is 0.190. The molecule has 2 heterocycles. The average Bonchev–Trinajstić information content (AvgIpc) is 3.06. The molecular weight excluding hydrogens is 388 g/mol. The van der Waals surface area contributed by atoms with Gasteiger partial charge in [0.2, 0.25) is 5.88 Å². The lowest BCUT2D eigenvalue weighted by atomic mass is 10.0. The predicted molar refractivity (Wildman–Crippen MR) is 122 cm³/mol. The molecule has 6 nitrogen and oxygen atoms in total. The number of aryl methyl sites for hydroxylation is 3. The third-order valence-corrected chi connectivity index (χ3v) is 5.28. The molecule has 0 spiro atoms. The zero-order valence-electron chi connectivity index (χ0n) is 18.2. The van der Waals surface area contributed by atoms with Gasteiger partial charge in [-0.1, -0.05) is 60.2 Å². The van der Waals surface area contributed by atoms with Gasteiger partial charge in [-0.25, -0.2) is 0 Å². The predicted octanol–water partition coefficient (Wildman–Crippen LogP) is 4.34. The van der Waals surface area contributed by atoms with E-state index in [2.05, 4.69) is 15.4 Å². The van der Waals surface area contributed by atoms with E-state index in [1.54, 1.807) is 11.6 Å². The number of aromatic nitrogens is 3. The summed E-state index contributed by atoms with van der Waals surface area (Å²) in [4.78, 5) is 17.2. The van der Waals surface area contributed by atoms with Gasteiger partial charge in [0.25, 0.3) is 5.91 Å². The Balaban J connectivity index is 1.57. The number of benzene rings is 2. The Hall–Kier alpha value is -3.67. The van der Waals surface area contributed by atoms with Crippen LogP contribution in [0.1, 0.15) is 23.7 Å². The quantitative estimate of drug-likeness (QED) is 0.510. The minimum Gasteiger partial charge on any atom is -0.464 e. The molecule has 0 fully saturated rings. The maximum absolute atomic E-state index is 12.6. The first-order valence-corrected chi connectivity index (χ1v) is 10.3. The summed E-state index contributed by atoms with van der Waals surface area (Å²) < 4.78 is 7.70. The van der Waals surface area contributed by atoms with Crippen molar-refractivity contribution in [2.75, 3.05) is 0 Å². The van der Waals surface area contributed by atoms with Crippen LogP contribution in [-0.4, -0.2) is 26.8 Å². The van der Waals surface area contributed by atoms with Crippen LogP contribution < -0.4 is 10.1 Å². The van der Waals surface area contributed by atoms with Crippen molar-refractivity contribution in [3.8, 4) is 17.0 Å². The lowest BCUT2D eigenvalue weighted by molar-refractivity contribution is -0.127. The van der Waals surface area contributed by atoms with E-state index in [4.69, 9.17) is 4.74 Å². The Morgan fingerprint density at radius 1 is 1.10 bits per heavy atom. The summed E-state index contributed by atoms with van der Waals surface area (Å²) in [7, 11) is 1.86. The molecule has 0 saturated heterocycles. The summed E-state index contributed by atoms with van der Waals surface area (Å²) in [6.45, 7) is 6.19. The second-order valence-corrected chi connectivity index (χ2v) is 7.75. The normalized spacial score (nSPS) is 12.0. The number of nitrogens with one attached hydrogen (secondary N) is 1. The van der Waals surface area contributed by atoms with Crippen LogP contribution in [-0.2, 0) is 18.4 Å². The van der Waals surface area contributed by atoms with Crippen LogP contribution in [0.2, 0.25) is 0 Å². The van der Waals surface area contributed by atoms with Crippen molar-refractivity contribution < 1.29 is 9.53 Å². The molecule has 158 valence electrons. The van der Waals surface area contributed by atoms with Crippen LogP contribution in [0.25, 0.3) is 22.2 Å². The van der Waals surface area contributed by atoms with Crippen LogP contribution in [0.4, 0.5) is 0 Å². The first-order chi connectivity index (χ1) is 14.9. The van der Waals surface area contributed by atoms with Crippen LogP contribution >= 0.6 is 0 Å². The van der Waals surface area contributed by atoms with Gasteiger partial charge < -0.3 is 10.1 Å². The summed E-state index contributed by atoms with van der Waals surface area (Å²) in [5, 5.41) is 8.43. The van der Waals surface area contributed by atoms with Gasteiger partial charge in [0.15, 0.2) is 11.8 Å². The highest BCUT2D eigenvalue weighted by atomic mass is 16.5. The van der Waals surface area contributed by atoms with Crippen molar-refractivity contribution in [1.82, 2.24) is 20.1 Å². The molecule has 4 rings (SSSR count). The Morgan fingerprint density at radius 3 is 2.52 bits per heavy atom. The number of nitrogens with zero attached hydrogens (tertiary/aromatic N) is 3. The van der Waals surface area contributed by atoms with Crippen LogP contribution in [0.3, 0.4) is 0 Å². The lowest BCUT2D eigenvalue weighted by Gasteiger charge is -2.15. The standard InChI is InChI=1S/C25H26N4O2/c1-16-10-12-19(13-11-16)15-26-25(30)18(3)31-22-14-21(20-8-6-5-7-9-20)23-17(2)28-29(4)24(23)27-22/h5-14,18H,15H2,1-4H3,(H,26,30). The van der Waals surface area contributed by atoms with E-state index < -0.39 is 6.10 Å². The molecule has 4 aromatic rings. The molecule has 1 unspecified atom stereocenters. The average molecular weight is 415 g/mol. The molecule has 6 heteroatoms. The van der Waals surface area contributed by atoms with E-state index in [0.29, 0.717) is 12.4 Å². The van der Waals surface area contributed by atoms with Gasteiger partial charge in [-0.15, -0.1) is 0 Å². The van der Waals surface area contributed by atoms with E-state index in [1.807, 2.05) is 81.6 Å². The molecule has 0 radical (unpaired) electrons. The fraction of sp³-hybridized carbons (Fsp3) is 0.240. The van der Waals surface area contributed by atoms with Crippen molar-refractivity contribution in [1.29, 1.82) is 0 Å². The fourth-order valence-corrected chi connectivity index (χ4v) is 3.60. The second kappa shape index (κ2) is 8.60. The smallest absolute Gasteiger partial charge is 0.261 e. The Kier molecular flexibility index (Phi) is 5.71. The summed E-state index contributed by atoms with van der Waals surface area (Å²) in [6.07, 6.45) is -0.687. The van der Waals surface area contributed by atoms with Crippen LogP contribution in [0, 0.1) is 13.8 Å². The van der Waals surface area contributed by atoms with Gasteiger partial charge in [-0.05, 0) is 37.5 Å². The largest absolute Gasteiger partial charge is 0.464 e. The van der Waals surface area contributed by atoms with E-state index in [0.717, 1.165) is 33.4 Å². The van der Waals surface area contributed by atoms with Crippen LogP contribution in [0.5, 0.6) is 5.88 Å². The third kappa shape index (κ3) is 4.43. The van der Waals surface area contributed by atoms with E-state index in [9.17, 15) is 4.79 Å². The molecule has 0 aliphatic heterocycles. The van der Waals surface area contributed by atoms with Crippen LogP contribution in [0.15, 0.2) is 60.7 Å². The number of hydrogen-bond acceptors (Lipinski definition) is 4. The highest BCUT2D eigenvalue weighted by molar-refractivity contribution is 5.95. The van der Waals surface area contributed by atoms with Gasteiger partial charge in [-0.3, -0.25) is 9.48 Å². The highest BCUT2D eigenvalue weighted by Gasteiger charge is 2.19. The van der Waals surface area contributed by atoms with E-state index >= 15 is 0 Å². The Bertz CT molecular complexity index is 1210. The summed E-state index contributed by atoms with van der Waals surface area (Å²) in [5.41, 5.74) is 5.89. The molecule has 0 bridgehead atoms. The molecule has 31 heavy (non-hydrogen) atoms. The number of rotatable bonds is 6. The number of hydrogen-bond donors (Lipinski definition) is 1. The third-order valence-electron chi connectivity index (χ3n) is 5.28. The highest BCUT2D eigenvalue weighted by Crippen LogP contribution is 2.33. The molecule has 1 N–H and O–H groups in total. The zero-order valence-corrected chi connectivity index (χ0v) is 18.2. The Labute approximate surface area is 181 Å². The summed E-state index contributed by atoms with van der Waals surface area (Å²) in [6, 6.07) is 20.0. The number of carbonyl (C=O) groups excluding carboxylic acids is 1. The summed E-state index contributed by atoms with van der Waals surface area (Å²) in [5.74, 6) is 0.206. The zero-order chi connectivity index (χ0) is 22.0. The molecule has 0 aliphatic rings. The van der Waals surface area contributed by atoms with E-state index in [-0.39, 0.29) is 5.91 Å². The van der Waals surface area contributed by atoms with Gasteiger partial charge in [0.05, 0.1) is 11.1 Å². The first kappa shape index (κ1) is 20.6. The maximum atomic E-state index is 12.6. The number of pyridine rings is 1. The number of ether oxygens (including phenoxy) is 1. The number of amides is 1. The fourth-order valence-electron chi connectivity index (χ4n) is 3.60. The summed E-state index contributed by atoms with van der Waals surface area (Å²) >= 11 is 0. The molecule has 1 amide bonds. The second-order valence-electron chi connectivity index (χ2n) is 7.75. The first-order valence-electron chi connectivity index (χ1n) is 10.3. The van der Waals surface area contributed by atoms with Crippen molar-refractivity contribution >= 4 is 16.9 Å². The van der Waals surface area contributed by atoms with Gasteiger partial charge in [0.1, 0.15) is 0 Å². The van der Waals surface area contributed by atoms with Crippen molar-refractivity contribution in [2.45, 2.75) is 33.4 Å². The molecule has 2 aromatic heterocycles. The van der Waals surface area contributed by atoms with Gasteiger partial charge >= 0.3 is 0 Å². The minimum atomic E-state index is -0.687. The monoisotopic (exact) mass is 414 g/mol. The topological polar surface area (TPSA) is 69.0 Å². The molecule has 0 aliphatic carbocycles. The maximum Gasteiger partial charge on any atom is 0.261 e. The lowest BCUT2D eigenvalue weighted by Crippen LogP contribution is -2.36. The van der Waals surface area contributed by atoms with Crippen molar-refractivity contribution in [2.24, 2.45) is 7.05 Å². The van der Waals surface area contributed by atoms with Crippen molar-refractivity contribution in [3.63, 3.8) is 0 Å². The van der Waals surface area contributed by atoms with Crippen molar-refractivity contribution in [3.05, 3.63) is 77.5 Å². The molecule has 1 atom stereocenters. The Morgan fingerprint density at radius 2 is 1.81 bits per heavy atom. The number of carbonyl (C=O) groups is 1. The molecule has 0 saturated carbocycles. The number of fused-ring (bicyclic) bond motifs is 1. The molecular formula is C25H26N4O2. The van der Waals surface area contributed by atoms with E-state index in [1.165, 1.54) is 5.56 Å². The molecule has 2 aromatic carbocycles. The SMILES string of the molecule is Cc1ccc(CNC(=O)C(C)Oc2cc(-c3ccccc3)c3c(C)nn(C)c3n2)cc1. The van der Waals surface area contributed by atoms with Gasteiger partial charge in [0, 0.05) is 19.7 Å². The van der Waals surface area contributed by atoms with Gasteiger partial charge in [-0.2, -0.15) is 10.1 Å².